The van der Waals surface area contributed by atoms with Crippen molar-refractivity contribution in [2.75, 3.05) is 0 Å². The van der Waals surface area contributed by atoms with Gasteiger partial charge in [-0.1, -0.05) is 11.1 Å². The molecule has 1 aromatic heterocycles. The maximum atomic E-state index is 13.3. The number of nitrogens with zero attached hydrogens (tertiary/aromatic N) is 4. The molecule has 0 bridgehead atoms. The van der Waals surface area contributed by atoms with Crippen molar-refractivity contribution < 1.29 is 34.7 Å². The molecule has 4 aromatic rings. The van der Waals surface area contributed by atoms with Crippen LogP contribution in [0.3, 0.4) is 0 Å². The van der Waals surface area contributed by atoms with E-state index in [4.69, 9.17) is 10.4 Å². The highest BCUT2D eigenvalue weighted by atomic mass is 32.2. The number of benzene rings is 3. The van der Waals surface area contributed by atoms with Gasteiger partial charge < -0.3 is 15.3 Å². The van der Waals surface area contributed by atoms with Gasteiger partial charge in [-0.05, 0) is 60.8 Å². The molecule has 0 aliphatic heterocycles. The van der Waals surface area contributed by atoms with E-state index in [0.29, 0.717) is 27.7 Å². The number of aromatic carboxylic acids is 1. The van der Waals surface area contributed by atoms with Crippen LogP contribution < -0.4 is 5.56 Å². The number of pyridine rings is 1. The highest BCUT2D eigenvalue weighted by molar-refractivity contribution is 7.94. The van der Waals surface area contributed by atoms with E-state index >= 15 is 0 Å². The summed E-state index contributed by atoms with van der Waals surface area (Å²) in [7, 11) is 0. The van der Waals surface area contributed by atoms with Gasteiger partial charge >= 0.3 is 5.97 Å². The van der Waals surface area contributed by atoms with Crippen LogP contribution in [0.4, 0.5) is 11.4 Å². The summed E-state index contributed by atoms with van der Waals surface area (Å²) in [6.07, 6.45) is 0. The second-order valence-electron chi connectivity index (χ2n) is 7.55. The molecule has 0 fully saturated rings. The molecule has 1 heterocycles. The molecule has 4 N–H and O–H groups in total. The maximum absolute atomic E-state index is 13.3. The molecular formula is C24H16N4O8S. The Balaban J connectivity index is 1.78. The van der Waals surface area contributed by atoms with Crippen LogP contribution in [0.25, 0.3) is 16.5 Å². The van der Waals surface area contributed by atoms with E-state index in [9.17, 15) is 25.1 Å². The Morgan fingerprint density at radius 1 is 1.08 bits per heavy atom. The lowest BCUT2D eigenvalue weighted by Crippen LogP contribution is -2.20. The summed E-state index contributed by atoms with van der Waals surface area (Å²) in [5, 5.41) is 60.7. The van der Waals surface area contributed by atoms with Gasteiger partial charge in [-0.2, -0.15) is 10.4 Å². The zero-order valence-corrected chi connectivity index (χ0v) is 19.6. The first-order valence-corrected chi connectivity index (χ1v) is 11.0. The molecule has 37 heavy (non-hydrogen) atoms. The van der Waals surface area contributed by atoms with Crippen molar-refractivity contribution in [3.05, 3.63) is 81.6 Å². The van der Waals surface area contributed by atoms with Crippen molar-refractivity contribution >= 4 is 40.2 Å². The minimum Gasteiger partial charge on any atom is -0.507 e. The van der Waals surface area contributed by atoms with Crippen molar-refractivity contribution in [1.82, 2.24) is 4.57 Å². The monoisotopic (exact) mass is 520 g/mol. The highest BCUT2D eigenvalue weighted by Gasteiger charge is 2.20. The Morgan fingerprint density at radius 3 is 2.46 bits per heavy atom. The van der Waals surface area contributed by atoms with Crippen LogP contribution >= 0.6 is 12.0 Å². The number of carbonyl (C=O) groups is 1. The molecule has 0 saturated heterocycles. The third-order valence-electron chi connectivity index (χ3n) is 5.37. The first-order valence-electron chi connectivity index (χ1n) is 10.3. The van der Waals surface area contributed by atoms with Gasteiger partial charge in [0, 0.05) is 15.8 Å². The second-order valence-corrected chi connectivity index (χ2v) is 8.32. The van der Waals surface area contributed by atoms with Gasteiger partial charge in [0.15, 0.2) is 5.69 Å². The predicted molar refractivity (Wildman–Crippen MR) is 131 cm³/mol. The average molecular weight is 520 g/mol. The Kier molecular flexibility index (Phi) is 7.18. The van der Waals surface area contributed by atoms with Gasteiger partial charge in [-0.15, -0.1) is 9.45 Å². The first kappa shape index (κ1) is 25.4. The van der Waals surface area contributed by atoms with Crippen LogP contribution in [-0.4, -0.2) is 31.1 Å². The number of aromatic hydroxyl groups is 2. The summed E-state index contributed by atoms with van der Waals surface area (Å²) in [4.78, 5) is 24.8. The molecule has 0 saturated carbocycles. The number of phenols is 1. The fourth-order valence-electron chi connectivity index (χ4n) is 3.58. The molecule has 0 atom stereocenters. The molecule has 0 aliphatic rings. The number of azo groups is 1. The molecule has 0 radical (unpaired) electrons. The van der Waals surface area contributed by atoms with E-state index < -0.39 is 17.4 Å². The minimum absolute atomic E-state index is 0.0247. The standard InChI is InChI=1S/C24H16N4O8S/c1-12-19(11-25)22(30)28(16-6-3-13(4-7-16)24(32)33)23(31)21(12)27-26-15-5-2-14-8-17(37-36-35-34)10-20(29)18(14)9-15/h2-10,29-30,34H,1H3,(H,32,33). The normalized spacial score (nSPS) is 11.2. The van der Waals surface area contributed by atoms with E-state index in [1.54, 1.807) is 18.2 Å². The SMILES string of the molecule is Cc1c(C#N)c(O)n(-c2ccc(C(=O)O)cc2)c(=O)c1N=Nc1ccc2cc(SOOO)cc(O)c2c1. The first-order chi connectivity index (χ1) is 17.7. The topological polar surface area (TPSA) is 187 Å². The smallest absolute Gasteiger partial charge is 0.335 e. The van der Waals surface area contributed by atoms with Gasteiger partial charge in [-0.3, -0.25) is 4.79 Å². The van der Waals surface area contributed by atoms with E-state index in [1.807, 2.05) is 6.07 Å². The lowest BCUT2D eigenvalue weighted by Gasteiger charge is -2.13. The third-order valence-corrected chi connectivity index (χ3v) is 5.93. The Bertz CT molecular complexity index is 1660. The van der Waals surface area contributed by atoms with Gasteiger partial charge in [0.1, 0.15) is 17.4 Å². The van der Waals surface area contributed by atoms with Crippen molar-refractivity contribution in [1.29, 1.82) is 5.26 Å². The van der Waals surface area contributed by atoms with Crippen LogP contribution in [-0.2, 0) is 9.37 Å². The number of carboxylic acid groups (broad SMARTS) is 1. The lowest BCUT2D eigenvalue weighted by molar-refractivity contribution is -0.432. The van der Waals surface area contributed by atoms with Crippen molar-refractivity contribution in [3.63, 3.8) is 0 Å². The van der Waals surface area contributed by atoms with Gasteiger partial charge in [0.2, 0.25) is 5.88 Å². The molecule has 0 unspecified atom stereocenters. The molecule has 0 spiro atoms. The third kappa shape index (κ3) is 4.99. The molecule has 13 heteroatoms. The number of phenolic OH excluding ortho intramolecular Hbond substituents is 1. The number of nitriles is 1. The van der Waals surface area contributed by atoms with Gasteiger partial charge in [0.05, 0.1) is 29.0 Å². The Morgan fingerprint density at radius 2 is 1.81 bits per heavy atom. The number of fused-ring (bicyclic) bond motifs is 1. The van der Waals surface area contributed by atoms with Crippen LogP contribution in [0.2, 0.25) is 0 Å². The summed E-state index contributed by atoms with van der Waals surface area (Å²) >= 11 is 0.684. The van der Waals surface area contributed by atoms with Crippen molar-refractivity contribution in [2.45, 2.75) is 11.8 Å². The summed E-state index contributed by atoms with van der Waals surface area (Å²) in [6, 6.07) is 14.8. The van der Waals surface area contributed by atoms with Gasteiger partial charge in [-0.25, -0.2) is 14.6 Å². The van der Waals surface area contributed by atoms with Crippen LogP contribution in [0.1, 0.15) is 21.5 Å². The van der Waals surface area contributed by atoms with E-state index in [-0.39, 0.29) is 39.5 Å². The van der Waals surface area contributed by atoms with Crippen molar-refractivity contribution in [2.24, 2.45) is 10.2 Å². The summed E-state index contributed by atoms with van der Waals surface area (Å²) in [5.74, 6) is -1.90. The summed E-state index contributed by atoms with van der Waals surface area (Å²) in [6.45, 7) is 1.44. The maximum Gasteiger partial charge on any atom is 0.335 e. The Labute approximate surface area is 212 Å². The molecule has 0 aliphatic carbocycles. The number of carboxylic acids is 1. The van der Waals surface area contributed by atoms with Crippen LogP contribution in [0.5, 0.6) is 11.6 Å². The van der Waals surface area contributed by atoms with Crippen LogP contribution in [0, 0.1) is 18.3 Å². The second kappa shape index (κ2) is 10.5. The largest absolute Gasteiger partial charge is 0.507 e. The zero-order chi connectivity index (χ0) is 26.7. The van der Waals surface area contributed by atoms with E-state index in [0.717, 1.165) is 4.57 Å². The Hall–Kier alpha value is -4.74. The number of aromatic nitrogens is 1. The highest BCUT2D eigenvalue weighted by Crippen LogP contribution is 2.35. The predicted octanol–water partition coefficient (Wildman–Crippen LogP) is 5.12. The number of rotatable bonds is 7. The number of hydrogen-bond donors (Lipinski definition) is 4. The molecule has 3 aromatic carbocycles. The average Bonchev–Trinajstić information content (AvgIpc) is 2.88. The molecular weight excluding hydrogens is 504 g/mol. The van der Waals surface area contributed by atoms with Gasteiger partial charge in [0.25, 0.3) is 5.56 Å². The quantitative estimate of drug-likeness (QED) is 0.110. The molecule has 186 valence electrons. The zero-order valence-electron chi connectivity index (χ0n) is 18.8. The summed E-state index contributed by atoms with van der Waals surface area (Å²) in [5.41, 5.74) is -0.717. The van der Waals surface area contributed by atoms with Crippen LogP contribution in [0.15, 0.2) is 74.5 Å². The minimum atomic E-state index is -1.16. The van der Waals surface area contributed by atoms with E-state index in [2.05, 4.69) is 19.6 Å². The fraction of sp³-hybridized carbons (Fsp3) is 0.0417. The lowest BCUT2D eigenvalue weighted by atomic mass is 10.1. The van der Waals surface area contributed by atoms with Crippen molar-refractivity contribution in [3.8, 4) is 23.4 Å². The molecule has 12 nitrogen and oxygen atoms in total. The van der Waals surface area contributed by atoms with E-state index in [1.165, 1.54) is 43.3 Å². The molecule has 4 rings (SSSR count). The fourth-order valence-corrected chi connectivity index (χ4v) is 4.02. The summed E-state index contributed by atoms with van der Waals surface area (Å²) < 4.78 is 5.21. The number of hydrogen-bond acceptors (Lipinski definition) is 11. The molecule has 0 amide bonds.